The van der Waals surface area contributed by atoms with Crippen molar-refractivity contribution in [3.8, 4) is 11.5 Å². The molecular weight excluding hydrogens is 358 g/mol. The van der Waals surface area contributed by atoms with Crippen LogP contribution in [0, 0.1) is 6.92 Å². The second-order valence-electron chi connectivity index (χ2n) is 5.98. The minimum Gasteiger partial charge on any atom is -0.504 e. The molecule has 2 aromatic carbocycles. The van der Waals surface area contributed by atoms with Crippen LogP contribution >= 0.6 is 0 Å². The second kappa shape index (κ2) is 9.91. The topological polar surface area (TPSA) is 100 Å². The lowest BCUT2D eigenvalue weighted by molar-refractivity contribution is -0.136. The van der Waals surface area contributed by atoms with E-state index in [-0.39, 0.29) is 5.75 Å². The van der Waals surface area contributed by atoms with Gasteiger partial charge in [-0.1, -0.05) is 18.2 Å². The lowest BCUT2D eigenvalue weighted by Crippen LogP contribution is -2.32. The number of allylic oxidation sites excluding steroid dienone is 1. The van der Waals surface area contributed by atoms with E-state index in [0.29, 0.717) is 35.6 Å². The molecule has 2 aromatic rings. The van der Waals surface area contributed by atoms with Gasteiger partial charge in [-0.25, -0.2) is 5.43 Å². The Kier molecular flexibility index (Phi) is 7.33. The normalized spacial score (nSPS) is 10.5. The number of anilines is 1. The van der Waals surface area contributed by atoms with Crippen molar-refractivity contribution in [1.82, 2.24) is 5.43 Å². The molecule has 0 fully saturated rings. The van der Waals surface area contributed by atoms with E-state index in [1.807, 2.05) is 13.0 Å². The number of carbonyl (C=O) groups excluding carboxylic acids is 2. The maximum atomic E-state index is 11.9. The molecule has 0 spiro atoms. The van der Waals surface area contributed by atoms with Gasteiger partial charge in [-0.15, -0.1) is 6.58 Å². The van der Waals surface area contributed by atoms with Crippen LogP contribution in [-0.2, 0) is 16.0 Å². The van der Waals surface area contributed by atoms with Gasteiger partial charge in [-0.2, -0.15) is 5.10 Å². The van der Waals surface area contributed by atoms with Crippen molar-refractivity contribution < 1.29 is 19.4 Å². The molecule has 0 saturated heterocycles. The van der Waals surface area contributed by atoms with Crippen molar-refractivity contribution in [1.29, 1.82) is 0 Å². The number of nitrogens with one attached hydrogen (secondary N) is 2. The van der Waals surface area contributed by atoms with Crippen LogP contribution in [0.25, 0.3) is 0 Å². The zero-order valence-corrected chi connectivity index (χ0v) is 15.9. The van der Waals surface area contributed by atoms with Gasteiger partial charge >= 0.3 is 11.8 Å². The number of amides is 2. The molecule has 0 aromatic heterocycles. The highest BCUT2D eigenvalue weighted by atomic mass is 16.5. The van der Waals surface area contributed by atoms with E-state index >= 15 is 0 Å². The molecule has 2 amide bonds. The Balaban J connectivity index is 2.05. The number of phenols is 1. The summed E-state index contributed by atoms with van der Waals surface area (Å²) in [6.07, 6.45) is 3.47. The van der Waals surface area contributed by atoms with Crippen LogP contribution < -0.4 is 15.5 Å². The predicted molar refractivity (Wildman–Crippen MR) is 109 cm³/mol. The average molecular weight is 381 g/mol. The van der Waals surface area contributed by atoms with Gasteiger partial charge in [0.2, 0.25) is 0 Å². The van der Waals surface area contributed by atoms with Crippen LogP contribution in [0.5, 0.6) is 11.5 Å². The molecule has 0 aliphatic carbocycles. The number of phenolic OH excluding ortho intramolecular Hbond substituents is 1. The number of hydrogen-bond donors (Lipinski definition) is 3. The standard InChI is InChI=1S/C21H23N3O4/c1-4-7-16-11-15(12-18(19(16)25)28-5-2)13-22-24-21(27)20(26)23-17-9-6-8-14(3)10-17/h4,6,8-13,25H,1,5,7H2,2-3H3,(H,23,26)(H,24,27)/b22-13+. The number of aryl methyl sites for hydroxylation is 1. The fraction of sp³-hybridized carbons (Fsp3) is 0.190. The maximum absolute atomic E-state index is 11.9. The number of nitrogens with zero attached hydrogens (tertiary/aromatic N) is 1. The van der Waals surface area contributed by atoms with E-state index in [4.69, 9.17) is 4.74 Å². The SMILES string of the molecule is C=CCc1cc(/C=N/NC(=O)C(=O)Nc2cccc(C)c2)cc(OCC)c1O. The van der Waals surface area contributed by atoms with Crippen molar-refractivity contribution in [2.24, 2.45) is 5.10 Å². The highest BCUT2D eigenvalue weighted by molar-refractivity contribution is 6.39. The number of ether oxygens (including phenoxy) is 1. The summed E-state index contributed by atoms with van der Waals surface area (Å²) in [5.41, 5.74) is 4.88. The van der Waals surface area contributed by atoms with Crippen molar-refractivity contribution >= 4 is 23.7 Å². The number of rotatable bonds is 7. The number of carbonyl (C=O) groups is 2. The van der Waals surface area contributed by atoms with Gasteiger partial charge in [0.05, 0.1) is 12.8 Å². The van der Waals surface area contributed by atoms with Crippen LogP contribution in [0.15, 0.2) is 54.2 Å². The third kappa shape index (κ3) is 5.70. The Morgan fingerprint density at radius 1 is 1.25 bits per heavy atom. The van der Waals surface area contributed by atoms with Gasteiger partial charge in [0.25, 0.3) is 0 Å². The monoisotopic (exact) mass is 381 g/mol. The summed E-state index contributed by atoms with van der Waals surface area (Å²) in [5.74, 6) is -1.36. The lowest BCUT2D eigenvalue weighted by Gasteiger charge is -2.10. The van der Waals surface area contributed by atoms with Crippen LogP contribution in [0.2, 0.25) is 0 Å². The summed E-state index contributed by atoms with van der Waals surface area (Å²) in [4.78, 5) is 23.8. The molecule has 2 rings (SSSR count). The van der Waals surface area contributed by atoms with Crippen LogP contribution in [-0.4, -0.2) is 29.7 Å². The summed E-state index contributed by atoms with van der Waals surface area (Å²) in [5, 5.41) is 16.5. The van der Waals surface area contributed by atoms with Crippen molar-refractivity contribution in [3.05, 3.63) is 65.7 Å². The molecule has 0 saturated carbocycles. The van der Waals surface area contributed by atoms with Crippen molar-refractivity contribution in [3.63, 3.8) is 0 Å². The molecule has 28 heavy (non-hydrogen) atoms. The Morgan fingerprint density at radius 2 is 2.04 bits per heavy atom. The molecule has 146 valence electrons. The Bertz CT molecular complexity index is 907. The zero-order chi connectivity index (χ0) is 20.5. The average Bonchev–Trinajstić information content (AvgIpc) is 2.65. The molecule has 0 aliphatic heterocycles. The Hall–Kier alpha value is -3.61. The molecule has 0 unspecified atom stereocenters. The number of hydrogen-bond acceptors (Lipinski definition) is 5. The third-order valence-corrected chi connectivity index (χ3v) is 3.70. The van der Waals surface area contributed by atoms with Crippen molar-refractivity contribution in [2.45, 2.75) is 20.3 Å². The smallest absolute Gasteiger partial charge is 0.329 e. The first-order chi connectivity index (χ1) is 13.4. The lowest BCUT2D eigenvalue weighted by atomic mass is 10.1. The third-order valence-electron chi connectivity index (χ3n) is 3.70. The molecule has 0 aliphatic rings. The zero-order valence-electron chi connectivity index (χ0n) is 15.9. The summed E-state index contributed by atoms with van der Waals surface area (Å²) in [6.45, 7) is 7.74. The van der Waals surface area contributed by atoms with Crippen LogP contribution in [0.3, 0.4) is 0 Å². The molecule has 0 atom stereocenters. The quantitative estimate of drug-likeness (QED) is 0.297. The van der Waals surface area contributed by atoms with Crippen molar-refractivity contribution in [2.75, 3.05) is 11.9 Å². The van der Waals surface area contributed by atoms with Gasteiger partial charge in [0, 0.05) is 11.3 Å². The van der Waals surface area contributed by atoms with Gasteiger partial charge in [0.1, 0.15) is 0 Å². The minimum atomic E-state index is -0.895. The van der Waals surface area contributed by atoms with Gasteiger partial charge in [0.15, 0.2) is 11.5 Å². The summed E-state index contributed by atoms with van der Waals surface area (Å²) < 4.78 is 5.41. The molecule has 0 bridgehead atoms. The fourth-order valence-electron chi connectivity index (χ4n) is 2.47. The van der Waals surface area contributed by atoms with Gasteiger partial charge < -0.3 is 15.2 Å². The number of hydrazone groups is 1. The van der Waals surface area contributed by atoms with Crippen LogP contribution in [0.1, 0.15) is 23.6 Å². The molecule has 0 heterocycles. The number of benzene rings is 2. The van der Waals surface area contributed by atoms with E-state index in [0.717, 1.165) is 5.56 Å². The summed E-state index contributed by atoms with van der Waals surface area (Å²) >= 11 is 0. The number of aromatic hydroxyl groups is 1. The molecule has 0 radical (unpaired) electrons. The Morgan fingerprint density at radius 3 is 2.71 bits per heavy atom. The molecule has 3 N–H and O–H groups in total. The minimum absolute atomic E-state index is 0.0421. The first-order valence-corrected chi connectivity index (χ1v) is 8.75. The van der Waals surface area contributed by atoms with E-state index in [2.05, 4.69) is 22.4 Å². The largest absolute Gasteiger partial charge is 0.504 e. The van der Waals surface area contributed by atoms with E-state index in [1.54, 1.807) is 43.3 Å². The molecular formula is C21H23N3O4. The highest BCUT2D eigenvalue weighted by Crippen LogP contribution is 2.31. The highest BCUT2D eigenvalue weighted by Gasteiger charge is 2.13. The van der Waals surface area contributed by atoms with Gasteiger partial charge in [-0.3, -0.25) is 9.59 Å². The fourth-order valence-corrected chi connectivity index (χ4v) is 2.47. The van der Waals surface area contributed by atoms with E-state index < -0.39 is 11.8 Å². The van der Waals surface area contributed by atoms with E-state index in [9.17, 15) is 14.7 Å². The first-order valence-electron chi connectivity index (χ1n) is 8.75. The molecule has 7 nitrogen and oxygen atoms in total. The summed E-state index contributed by atoms with van der Waals surface area (Å²) in [7, 11) is 0. The van der Waals surface area contributed by atoms with E-state index in [1.165, 1.54) is 6.21 Å². The van der Waals surface area contributed by atoms with Gasteiger partial charge in [-0.05, 0) is 55.7 Å². The summed E-state index contributed by atoms with van der Waals surface area (Å²) in [6, 6.07) is 10.4. The van der Waals surface area contributed by atoms with Crippen LogP contribution in [0.4, 0.5) is 5.69 Å². The predicted octanol–water partition coefficient (Wildman–Crippen LogP) is 2.92. The Labute approximate surface area is 163 Å². The molecule has 7 heteroatoms. The first kappa shape index (κ1) is 20.7. The second-order valence-corrected chi connectivity index (χ2v) is 5.98. The maximum Gasteiger partial charge on any atom is 0.329 e.